The van der Waals surface area contributed by atoms with Gasteiger partial charge in [-0.1, -0.05) is 13.5 Å². The van der Waals surface area contributed by atoms with Crippen molar-refractivity contribution in [2.24, 2.45) is 5.92 Å². The fourth-order valence-electron chi connectivity index (χ4n) is 1.52. The van der Waals surface area contributed by atoms with Crippen LogP contribution in [0.15, 0.2) is 12.3 Å². The second kappa shape index (κ2) is 2.76. The highest BCUT2D eigenvalue weighted by Crippen LogP contribution is 2.56. The van der Waals surface area contributed by atoms with Crippen LogP contribution in [-0.4, -0.2) is 11.8 Å². The van der Waals surface area contributed by atoms with E-state index >= 15 is 0 Å². The van der Waals surface area contributed by atoms with Gasteiger partial charge in [-0.15, -0.1) is 0 Å². The first-order chi connectivity index (χ1) is 6.19. The molecule has 1 aliphatic carbocycles. The molecule has 1 atom stereocenters. The third-order valence-electron chi connectivity index (χ3n) is 2.46. The van der Waals surface area contributed by atoms with E-state index in [1.807, 2.05) is 6.92 Å². The lowest BCUT2D eigenvalue weighted by atomic mass is 10.2. The minimum atomic E-state index is -0.702. The van der Waals surface area contributed by atoms with Crippen molar-refractivity contribution in [2.75, 3.05) is 0 Å². The zero-order chi connectivity index (χ0) is 9.47. The zero-order valence-corrected chi connectivity index (χ0v) is 7.84. The number of carbonyl (C=O) groups is 1. The van der Waals surface area contributed by atoms with Crippen LogP contribution in [0.1, 0.15) is 32.6 Å². The maximum absolute atomic E-state index is 11.2. The Morgan fingerprint density at radius 3 is 2.77 bits per heavy atom. The summed E-state index contributed by atoms with van der Waals surface area (Å²) in [5.74, 6) is 0.125. The van der Waals surface area contributed by atoms with Crippen LogP contribution in [-0.2, 0) is 14.3 Å². The zero-order valence-electron chi connectivity index (χ0n) is 7.84. The van der Waals surface area contributed by atoms with Crippen molar-refractivity contribution >= 4 is 5.97 Å². The van der Waals surface area contributed by atoms with Crippen molar-refractivity contribution in [1.82, 2.24) is 0 Å². The predicted molar refractivity (Wildman–Crippen MR) is 46.7 cm³/mol. The molecule has 2 fully saturated rings. The first kappa shape index (κ1) is 8.60. The molecule has 3 nitrogen and oxygen atoms in total. The third kappa shape index (κ3) is 1.43. The molecule has 3 heteroatoms. The summed E-state index contributed by atoms with van der Waals surface area (Å²) in [7, 11) is 0. The van der Waals surface area contributed by atoms with E-state index in [9.17, 15) is 4.79 Å². The molecule has 1 aliphatic heterocycles. The molecule has 2 aliphatic rings. The van der Waals surface area contributed by atoms with E-state index in [0.29, 0.717) is 18.1 Å². The summed E-state index contributed by atoms with van der Waals surface area (Å²) in [4.78, 5) is 11.2. The fraction of sp³-hybridized carbons (Fsp3) is 0.700. The quantitative estimate of drug-likeness (QED) is 0.493. The van der Waals surface area contributed by atoms with Crippen molar-refractivity contribution in [3.05, 3.63) is 12.3 Å². The second-order valence-corrected chi connectivity index (χ2v) is 3.69. The molecule has 0 bridgehead atoms. The van der Waals surface area contributed by atoms with Gasteiger partial charge < -0.3 is 9.47 Å². The molecular formula is C10H14O3. The van der Waals surface area contributed by atoms with E-state index in [4.69, 9.17) is 9.47 Å². The average Bonchev–Trinajstić information content (AvgIpc) is 2.88. The summed E-state index contributed by atoms with van der Waals surface area (Å²) in [6.07, 6.45) is 3.44. The molecular weight excluding hydrogens is 168 g/mol. The summed E-state index contributed by atoms with van der Waals surface area (Å²) in [5.41, 5.74) is 0. The van der Waals surface area contributed by atoms with Gasteiger partial charge in [-0.05, 0) is 19.3 Å². The highest BCUT2D eigenvalue weighted by Gasteiger charge is 2.65. The summed E-state index contributed by atoms with van der Waals surface area (Å²) in [5, 5.41) is 0. The Balaban J connectivity index is 1.92. The SMILES string of the molecule is C=C1OC1(OC(=O)CCC)C1CC1. The van der Waals surface area contributed by atoms with Gasteiger partial charge in [-0.2, -0.15) is 0 Å². The number of rotatable bonds is 4. The molecule has 0 radical (unpaired) electrons. The van der Waals surface area contributed by atoms with E-state index in [1.165, 1.54) is 0 Å². The minimum Gasteiger partial charge on any atom is -0.442 e. The van der Waals surface area contributed by atoms with E-state index in [2.05, 4.69) is 6.58 Å². The average molecular weight is 182 g/mol. The lowest BCUT2D eigenvalue weighted by Gasteiger charge is -2.09. The molecule has 0 amide bonds. The van der Waals surface area contributed by atoms with Gasteiger partial charge in [0.25, 0.3) is 0 Å². The molecule has 1 heterocycles. The van der Waals surface area contributed by atoms with Gasteiger partial charge in [-0.25, -0.2) is 0 Å². The molecule has 1 saturated carbocycles. The van der Waals surface area contributed by atoms with E-state index in [-0.39, 0.29) is 5.97 Å². The lowest BCUT2D eigenvalue weighted by molar-refractivity contribution is -0.161. The topological polar surface area (TPSA) is 38.8 Å². The van der Waals surface area contributed by atoms with Crippen LogP contribution in [0.4, 0.5) is 0 Å². The largest absolute Gasteiger partial charge is 0.442 e. The number of hydrogen-bond donors (Lipinski definition) is 0. The Morgan fingerprint density at radius 2 is 2.38 bits per heavy atom. The molecule has 1 unspecified atom stereocenters. The summed E-state index contributed by atoms with van der Waals surface area (Å²) in [6.45, 7) is 5.65. The van der Waals surface area contributed by atoms with E-state index in [0.717, 1.165) is 19.3 Å². The Morgan fingerprint density at radius 1 is 1.77 bits per heavy atom. The molecule has 1 saturated heterocycles. The number of carbonyl (C=O) groups excluding carboxylic acids is 1. The summed E-state index contributed by atoms with van der Waals surface area (Å²) < 4.78 is 10.5. The van der Waals surface area contributed by atoms with Crippen molar-refractivity contribution in [1.29, 1.82) is 0 Å². The Hall–Kier alpha value is -0.990. The Kier molecular flexibility index (Phi) is 1.82. The summed E-state index contributed by atoms with van der Waals surface area (Å²) >= 11 is 0. The molecule has 2 rings (SSSR count). The normalized spacial score (nSPS) is 31.0. The number of ether oxygens (including phenoxy) is 2. The molecule has 0 aromatic rings. The van der Waals surface area contributed by atoms with Crippen LogP contribution in [0.5, 0.6) is 0 Å². The fourth-order valence-corrected chi connectivity index (χ4v) is 1.52. The van der Waals surface area contributed by atoms with Crippen LogP contribution in [0.2, 0.25) is 0 Å². The summed E-state index contributed by atoms with van der Waals surface area (Å²) in [6, 6.07) is 0. The van der Waals surface area contributed by atoms with Gasteiger partial charge in [-0.3, -0.25) is 4.79 Å². The number of esters is 1. The number of hydrogen-bond acceptors (Lipinski definition) is 3. The predicted octanol–water partition coefficient (Wildman–Crippen LogP) is 1.98. The Bertz CT molecular complexity index is 255. The van der Waals surface area contributed by atoms with Gasteiger partial charge >= 0.3 is 11.8 Å². The van der Waals surface area contributed by atoms with Gasteiger partial charge in [0.05, 0.1) is 0 Å². The van der Waals surface area contributed by atoms with Crippen molar-refractivity contribution in [2.45, 2.75) is 38.4 Å². The molecule has 13 heavy (non-hydrogen) atoms. The van der Waals surface area contributed by atoms with Crippen molar-refractivity contribution in [3.8, 4) is 0 Å². The van der Waals surface area contributed by atoms with Crippen LogP contribution >= 0.6 is 0 Å². The highest BCUT2D eigenvalue weighted by atomic mass is 16.8. The molecule has 0 N–H and O–H groups in total. The number of epoxide rings is 1. The minimum absolute atomic E-state index is 0.173. The van der Waals surface area contributed by atoms with Crippen molar-refractivity contribution in [3.63, 3.8) is 0 Å². The molecule has 0 spiro atoms. The second-order valence-electron chi connectivity index (χ2n) is 3.69. The van der Waals surface area contributed by atoms with Crippen molar-refractivity contribution < 1.29 is 14.3 Å². The Labute approximate surface area is 77.7 Å². The van der Waals surface area contributed by atoms with Gasteiger partial charge in [0, 0.05) is 12.3 Å². The molecule has 72 valence electrons. The molecule has 0 aromatic carbocycles. The van der Waals surface area contributed by atoms with Crippen LogP contribution in [0, 0.1) is 5.92 Å². The third-order valence-corrected chi connectivity index (χ3v) is 2.46. The molecule has 0 aromatic heterocycles. The van der Waals surface area contributed by atoms with Crippen LogP contribution in [0.25, 0.3) is 0 Å². The van der Waals surface area contributed by atoms with Gasteiger partial charge in [0.15, 0.2) is 5.76 Å². The highest BCUT2D eigenvalue weighted by molar-refractivity contribution is 5.70. The maximum atomic E-state index is 11.2. The van der Waals surface area contributed by atoms with Crippen LogP contribution < -0.4 is 0 Å². The van der Waals surface area contributed by atoms with E-state index in [1.54, 1.807) is 0 Å². The van der Waals surface area contributed by atoms with Crippen LogP contribution in [0.3, 0.4) is 0 Å². The van der Waals surface area contributed by atoms with E-state index < -0.39 is 5.79 Å². The van der Waals surface area contributed by atoms with Gasteiger partial charge in [0.1, 0.15) is 0 Å². The first-order valence-corrected chi connectivity index (χ1v) is 4.79. The smallest absolute Gasteiger partial charge is 0.315 e. The first-order valence-electron chi connectivity index (χ1n) is 4.79. The lowest BCUT2D eigenvalue weighted by Crippen LogP contribution is -2.22. The monoisotopic (exact) mass is 182 g/mol. The van der Waals surface area contributed by atoms with Gasteiger partial charge in [0.2, 0.25) is 0 Å². The maximum Gasteiger partial charge on any atom is 0.315 e. The standard InChI is InChI=1S/C10H14O3/c1-3-4-9(11)13-10(7(2)12-10)8-5-6-8/h8H,2-6H2,1H3.